The van der Waals surface area contributed by atoms with Crippen molar-refractivity contribution in [1.29, 1.82) is 0 Å². The van der Waals surface area contributed by atoms with E-state index < -0.39 is 16.4 Å². The number of hydrogen-bond donors (Lipinski definition) is 0. The van der Waals surface area contributed by atoms with Gasteiger partial charge in [-0.1, -0.05) is 172 Å². The van der Waals surface area contributed by atoms with Crippen molar-refractivity contribution in [3.63, 3.8) is 0 Å². The fourth-order valence-corrected chi connectivity index (χ4v) is 13.4. The summed E-state index contributed by atoms with van der Waals surface area (Å²) < 4.78 is 6.96. The lowest BCUT2D eigenvalue weighted by atomic mass is 9.56. The number of rotatable bonds is 3. The smallest absolute Gasteiger partial charge is 0.132 e. The minimum Gasteiger partial charge on any atom is -0.457 e. The fourth-order valence-electron chi connectivity index (χ4n) is 13.4. The third-order valence-corrected chi connectivity index (χ3v) is 15.4. The van der Waals surface area contributed by atoms with Crippen LogP contribution in [0.4, 0.5) is 11.4 Å². The van der Waals surface area contributed by atoms with Crippen molar-refractivity contribution in [2.45, 2.75) is 44.1 Å². The van der Waals surface area contributed by atoms with Crippen LogP contribution in [0.25, 0.3) is 16.7 Å². The van der Waals surface area contributed by atoms with Gasteiger partial charge in [0.25, 0.3) is 0 Å². The zero-order chi connectivity index (χ0) is 40.1. The van der Waals surface area contributed by atoms with Crippen LogP contribution in [0, 0.1) is 17.8 Å². The Hall–Kier alpha value is -6.64. The van der Waals surface area contributed by atoms with Crippen LogP contribution in [0.15, 0.2) is 199 Å². The Morgan fingerprint density at radius 1 is 0.467 bits per heavy atom. The van der Waals surface area contributed by atoms with Gasteiger partial charge in [-0.05, 0) is 110 Å². The van der Waals surface area contributed by atoms with Crippen molar-refractivity contribution in [1.82, 2.24) is 0 Å². The van der Waals surface area contributed by atoms with Gasteiger partial charge >= 0.3 is 0 Å². The molecule has 5 atom stereocenters. The molecule has 0 amide bonds. The molecule has 4 aliphatic carbocycles. The third kappa shape index (κ3) is 3.92. The zero-order valence-corrected chi connectivity index (χ0v) is 34.4. The van der Waals surface area contributed by atoms with Gasteiger partial charge in [0.05, 0.1) is 16.4 Å². The van der Waals surface area contributed by atoms with Crippen molar-refractivity contribution in [2.24, 2.45) is 17.8 Å². The van der Waals surface area contributed by atoms with Crippen molar-refractivity contribution in [2.75, 3.05) is 4.90 Å². The van der Waals surface area contributed by atoms with Gasteiger partial charge in [-0.15, -0.1) is 0 Å². The molecular weight excluding hydrogens is 727 g/mol. The van der Waals surface area contributed by atoms with Crippen molar-refractivity contribution in [3.8, 4) is 22.6 Å². The van der Waals surface area contributed by atoms with Gasteiger partial charge in [0.2, 0.25) is 0 Å². The first-order valence-corrected chi connectivity index (χ1v) is 21.7. The van der Waals surface area contributed by atoms with Gasteiger partial charge in [0, 0.05) is 34.3 Å². The summed E-state index contributed by atoms with van der Waals surface area (Å²) in [6, 6.07) is 64.0. The van der Waals surface area contributed by atoms with E-state index in [9.17, 15) is 0 Å². The highest BCUT2D eigenvalue weighted by Crippen LogP contribution is 2.69. The Morgan fingerprint density at radius 2 is 1.02 bits per heavy atom. The largest absolute Gasteiger partial charge is 0.457 e. The third-order valence-electron chi connectivity index (χ3n) is 15.4. The number of fused-ring (bicyclic) bond motifs is 7. The van der Waals surface area contributed by atoms with E-state index in [4.69, 9.17) is 4.74 Å². The van der Waals surface area contributed by atoms with E-state index in [0.29, 0.717) is 5.92 Å². The molecule has 0 saturated heterocycles. The van der Waals surface area contributed by atoms with Gasteiger partial charge in [-0.2, -0.15) is 0 Å². The number of para-hydroxylation sites is 1. The van der Waals surface area contributed by atoms with Crippen molar-refractivity contribution >= 4 is 16.9 Å². The summed E-state index contributed by atoms with van der Waals surface area (Å²) in [4.78, 5) is 2.69. The van der Waals surface area contributed by atoms with Crippen LogP contribution in [0.1, 0.15) is 72.2 Å². The lowest BCUT2D eigenvalue weighted by Gasteiger charge is -2.52. The van der Waals surface area contributed by atoms with Crippen LogP contribution in [0.3, 0.4) is 0 Å². The molecule has 5 unspecified atom stereocenters. The maximum atomic E-state index is 6.96. The molecule has 13 rings (SSSR count). The molecule has 0 saturated carbocycles. The van der Waals surface area contributed by atoms with E-state index >= 15 is 0 Å². The Labute approximate surface area is 352 Å². The molecule has 2 heterocycles. The second-order valence-electron chi connectivity index (χ2n) is 18.1. The Kier molecular flexibility index (Phi) is 6.71. The van der Waals surface area contributed by atoms with E-state index in [-0.39, 0.29) is 11.8 Å². The molecular formula is C58H45NO. The van der Waals surface area contributed by atoms with E-state index in [0.717, 1.165) is 11.5 Å². The number of anilines is 2. The standard InChI is InChI=1S/C58H45NO/c1-35-31-32-56(4)54-37(3)55-53(36(2)52(35)54)44-22-12-14-24-46(44)58(55)47-25-15-16-26-50(47)60-51-30-28-41(34-49(51)58)59(56)40-27-29-43-42-21-11-13-23-45(42)57(48(43)33-40,38-17-7-5-8-18-38)39-19-9-6-10-20-39/h5-37H,1-4H3. The second kappa shape index (κ2) is 11.8. The topological polar surface area (TPSA) is 12.5 Å². The Balaban J connectivity index is 1.15. The molecule has 6 aliphatic rings. The molecule has 0 aromatic heterocycles. The van der Waals surface area contributed by atoms with Crippen LogP contribution in [-0.2, 0) is 10.8 Å². The highest BCUT2D eigenvalue weighted by atomic mass is 16.5. The summed E-state index contributed by atoms with van der Waals surface area (Å²) in [5, 5.41) is 0. The molecule has 2 heteroatoms. The molecule has 0 radical (unpaired) electrons. The van der Waals surface area contributed by atoms with Crippen molar-refractivity contribution in [3.05, 3.63) is 243 Å². The highest BCUT2D eigenvalue weighted by molar-refractivity contribution is 5.94. The maximum absolute atomic E-state index is 6.96. The first-order valence-electron chi connectivity index (χ1n) is 21.7. The molecule has 2 aliphatic heterocycles. The zero-order valence-electron chi connectivity index (χ0n) is 34.4. The lowest BCUT2D eigenvalue weighted by molar-refractivity contribution is 0.423. The van der Waals surface area contributed by atoms with Crippen LogP contribution in [-0.4, -0.2) is 5.54 Å². The summed E-state index contributed by atoms with van der Waals surface area (Å²) in [6.07, 6.45) is 5.04. The predicted octanol–water partition coefficient (Wildman–Crippen LogP) is 14.0. The fraction of sp³-hybridized carbons (Fsp3) is 0.172. The minimum absolute atomic E-state index is 0.151. The van der Waals surface area contributed by atoms with Gasteiger partial charge in [-0.25, -0.2) is 0 Å². The van der Waals surface area contributed by atoms with Gasteiger partial charge in [0.1, 0.15) is 11.5 Å². The highest BCUT2D eigenvalue weighted by Gasteiger charge is 2.60. The summed E-state index contributed by atoms with van der Waals surface area (Å²) in [7, 11) is 0. The molecule has 0 N–H and O–H groups in total. The SMILES string of the molecule is CC1C=CC2(C)C3=C1C(C)C1=C(C3C)C3(c4ccccc4Oc4ccc(cc43)N2c2ccc3c(c2)C(c2ccccc2)(c2ccccc2)c2ccccc2-3)c2ccccc21. The van der Waals surface area contributed by atoms with Crippen LogP contribution in [0.5, 0.6) is 11.5 Å². The number of nitrogens with zero attached hydrogens (tertiary/aromatic N) is 1. The van der Waals surface area contributed by atoms with E-state index in [1.807, 2.05) is 0 Å². The van der Waals surface area contributed by atoms with E-state index in [2.05, 4.69) is 215 Å². The average Bonchev–Trinajstić information content (AvgIpc) is 3.76. The van der Waals surface area contributed by atoms with E-state index in [1.54, 1.807) is 5.57 Å². The monoisotopic (exact) mass is 771 g/mol. The number of benzene rings is 7. The van der Waals surface area contributed by atoms with Crippen LogP contribution >= 0.6 is 0 Å². The van der Waals surface area contributed by atoms with Crippen molar-refractivity contribution < 1.29 is 4.74 Å². The molecule has 60 heavy (non-hydrogen) atoms. The first-order chi connectivity index (χ1) is 29.4. The predicted molar refractivity (Wildman–Crippen MR) is 244 cm³/mol. The second-order valence-corrected chi connectivity index (χ2v) is 18.1. The molecule has 7 aromatic rings. The molecule has 7 aromatic carbocycles. The Morgan fingerprint density at radius 3 is 1.73 bits per heavy atom. The molecule has 4 bridgehead atoms. The molecule has 2 nitrogen and oxygen atoms in total. The summed E-state index contributed by atoms with van der Waals surface area (Å²) in [5.74, 6) is 2.59. The summed E-state index contributed by atoms with van der Waals surface area (Å²) in [6.45, 7) is 9.93. The summed E-state index contributed by atoms with van der Waals surface area (Å²) >= 11 is 0. The van der Waals surface area contributed by atoms with Crippen LogP contribution in [0.2, 0.25) is 0 Å². The van der Waals surface area contributed by atoms with Crippen LogP contribution < -0.4 is 9.64 Å². The number of hydrogen-bond acceptors (Lipinski definition) is 2. The first kappa shape index (κ1) is 34.2. The normalized spacial score (nSPS) is 25.3. The maximum Gasteiger partial charge on any atom is 0.132 e. The minimum atomic E-state index is -0.503. The molecule has 288 valence electrons. The number of ether oxygens (including phenoxy) is 1. The van der Waals surface area contributed by atoms with E-state index in [1.165, 1.54) is 83.7 Å². The lowest BCUT2D eigenvalue weighted by Crippen LogP contribution is -2.49. The van der Waals surface area contributed by atoms with Gasteiger partial charge in [0.15, 0.2) is 0 Å². The molecule has 1 spiro atoms. The average molecular weight is 772 g/mol. The van der Waals surface area contributed by atoms with Gasteiger partial charge < -0.3 is 9.64 Å². The Bertz CT molecular complexity index is 3060. The summed E-state index contributed by atoms with van der Waals surface area (Å²) in [5.41, 5.74) is 20.1. The quantitative estimate of drug-likeness (QED) is 0.166. The molecule has 0 fully saturated rings. The van der Waals surface area contributed by atoms with Gasteiger partial charge in [-0.3, -0.25) is 0 Å². The number of allylic oxidation sites excluding steroid dienone is 4.